The third kappa shape index (κ3) is 4.33. The molecule has 33 heavy (non-hydrogen) atoms. The number of benzene rings is 1. The van der Waals surface area contributed by atoms with Crippen LogP contribution < -0.4 is 5.32 Å². The van der Waals surface area contributed by atoms with E-state index < -0.39 is 11.6 Å². The highest BCUT2D eigenvalue weighted by atomic mass is 16.4. The summed E-state index contributed by atoms with van der Waals surface area (Å²) in [6.07, 6.45) is 5.84. The van der Waals surface area contributed by atoms with Crippen LogP contribution in [0.4, 0.5) is 0 Å². The van der Waals surface area contributed by atoms with Crippen molar-refractivity contribution in [2.45, 2.75) is 56.7 Å². The molecule has 12 nitrogen and oxygen atoms in total. The van der Waals surface area contributed by atoms with Crippen LogP contribution in [0.2, 0.25) is 0 Å². The van der Waals surface area contributed by atoms with E-state index in [1.165, 1.54) is 23.2 Å². The van der Waals surface area contributed by atoms with Gasteiger partial charge in [-0.3, -0.25) is 4.79 Å². The van der Waals surface area contributed by atoms with Gasteiger partial charge in [0.1, 0.15) is 0 Å². The van der Waals surface area contributed by atoms with Crippen molar-refractivity contribution in [2.75, 3.05) is 0 Å². The predicted molar refractivity (Wildman–Crippen MR) is 112 cm³/mol. The molecule has 2 fully saturated rings. The molecule has 2 aliphatic rings. The number of carboxylic acids is 1. The fourth-order valence-electron chi connectivity index (χ4n) is 4.37. The van der Waals surface area contributed by atoms with Gasteiger partial charge in [0.05, 0.1) is 41.3 Å². The van der Waals surface area contributed by atoms with Crippen LogP contribution in [0.15, 0.2) is 30.5 Å². The lowest BCUT2D eigenvalue weighted by molar-refractivity contribution is -0.141. The smallest absolute Gasteiger partial charge is 0.335 e. The number of rotatable bonds is 8. The highest BCUT2D eigenvalue weighted by Crippen LogP contribution is 2.40. The third-order valence-electron chi connectivity index (χ3n) is 6.43. The fraction of sp³-hybridized carbons (Fsp3) is 0.476. The second kappa shape index (κ2) is 8.35. The molecule has 5 rings (SSSR count). The van der Waals surface area contributed by atoms with Crippen molar-refractivity contribution in [3.8, 4) is 5.69 Å². The Bertz CT molecular complexity index is 1180. The summed E-state index contributed by atoms with van der Waals surface area (Å²) in [4.78, 5) is 23.7. The number of tetrazole rings is 1. The fourth-order valence-corrected chi connectivity index (χ4v) is 4.37. The Labute approximate surface area is 188 Å². The maximum atomic E-state index is 12.5. The summed E-state index contributed by atoms with van der Waals surface area (Å²) in [6.45, 7) is 0.265. The first-order chi connectivity index (χ1) is 15.9. The van der Waals surface area contributed by atoms with Gasteiger partial charge < -0.3 is 15.5 Å². The van der Waals surface area contributed by atoms with Crippen LogP contribution in [-0.2, 0) is 17.8 Å². The van der Waals surface area contributed by atoms with Crippen LogP contribution in [0.1, 0.15) is 60.0 Å². The van der Waals surface area contributed by atoms with Crippen molar-refractivity contribution in [1.82, 2.24) is 40.5 Å². The monoisotopic (exact) mass is 452 g/mol. The van der Waals surface area contributed by atoms with E-state index in [2.05, 4.69) is 31.2 Å². The SMILES string of the molecule is O=C(O)c1cccc(-n2cc(CC3(O)CC(C(=O)NCc4nnnn4C4CCC4)C3)nn2)c1. The molecule has 3 N–H and O–H groups in total. The van der Waals surface area contributed by atoms with Crippen molar-refractivity contribution in [1.29, 1.82) is 0 Å². The second-order valence-electron chi connectivity index (χ2n) is 8.86. The number of carbonyl (C=O) groups excluding carboxylic acids is 1. The number of amides is 1. The minimum Gasteiger partial charge on any atom is -0.478 e. The maximum absolute atomic E-state index is 12.5. The highest BCUT2D eigenvalue weighted by molar-refractivity contribution is 5.88. The average molecular weight is 452 g/mol. The van der Waals surface area contributed by atoms with Crippen LogP contribution in [0.3, 0.4) is 0 Å². The molecule has 0 unspecified atom stereocenters. The summed E-state index contributed by atoms with van der Waals surface area (Å²) in [5.74, 6) is -0.793. The van der Waals surface area contributed by atoms with Crippen molar-refractivity contribution < 1.29 is 19.8 Å². The Morgan fingerprint density at radius 2 is 2.00 bits per heavy atom. The third-order valence-corrected chi connectivity index (χ3v) is 6.43. The number of carbonyl (C=O) groups is 2. The number of hydrogen-bond donors (Lipinski definition) is 3. The summed E-state index contributed by atoms with van der Waals surface area (Å²) in [6, 6.07) is 6.68. The largest absolute Gasteiger partial charge is 0.478 e. The van der Waals surface area contributed by atoms with E-state index in [9.17, 15) is 14.7 Å². The van der Waals surface area contributed by atoms with Gasteiger partial charge in [-0.05, 0) is 60.7 Å². The minimum atomic E-state index is -1.03. The first kappa shape index (κ1) is 21.2. The summed E-state index contributed by atoms with van der Waals surface area (Å²) in [7, 11) is 0. The number of nitrogens with zero attached hydrogens (tertiary/aromatic N) is 7. The molecule has 0 atom stereocenters. The van der Waals surface area contributed by atoms with Crippen LogP contribution in [0.25, 0.3) is 5.69 Å². The van der Waals surface area contributed by atoms with Crippen LogP contribution in [0.5, 0.6) is 0 Å². The van der Waals surface area contributed by atoms with Gasteiger partial charge in [-0.25, -0.2) is 14.2 Å². The van der Waals surface area contributed by atoms with Gasteiger partial charge in [0.15, 0.2) is 5.82 Å². The normalized spacial score (nSPS) is 22.4. The molecule has 3 aromatic rings. The zero-order valence-corrected chi connectivity index (χ0v) is 17.8. The highest BCUT2D eigenvalue weighted by Gasteiger charge is 2.46. The molecule has 0 bridgehead atoms. The number of aliphatic hydroxyl groups is 1. The molecule has 1 amide bonds. The molecule has 1 aromatic carbocycles. The molecule has 0 radical (unpaired) electrons. The molecule has 0 saturated heterocycles. The molecule has 12 heteroatoms. The Balaban J connectivity index is 1.14. The molecule has 2 heterocycles. The Hall–Kier alpha value is -3.67. The lowest BCUT2D eigenvalue weighted by Crippen LogP contribution is -2.51. The van der Waals surface area contributed by atoms with Gasteiger partial charge in [-0.2, -0.15) is 0 Å². The maximum Gasteiger partial charge on any atom is 0.335 e. The average Bonchev–Trinajstić information content (AvgIpc) is 3.39. The van der Waals surface area contributed by atoms with Crippen LogP contribution >= 0.6 is 0 Å². The standard InChI is InChI=1S/C21H24N8O4/c30-19(22-11-18-24-25-27-29(18)16-4-2-5-16)14-8-21(33,9-14)10-15-12-28(26-23-15)17-6-1-3-13(7-17)20(31)32/h1,3,6-7,12,14,16,33H,2,4-5,8-11H2,(H,22,30)(H,31,32). The van der Waals surface area contributed by atoms with E-state index >= 15 is 0 Å². The molecule has 2 aromatic heterocycles. The second-order valence-corrected chi connectivity index (χ2v) is 8.86. The van der Waals surface area contributed by atoms with Crippen molar-refractivity contribution in [3.05, 3.63) is 47.5 Å². The summed E-state index contributed by atoms with van der Waals surface area (Å²) in [5, 5.41) is 42.7. The number of carboxylic acid groups (broad SMARTS) is 1. The van der Waals surface area contributed by atoms with Gasteiger partial charge in [-0.1, -0.05) is 11.3 Å². The van der Waals surface area contributed by atoms with Crippen molar-refractivity contribution >= 4 is 11.9 Å². The quantitative estimate of drug-likeness (QED) is 0.446. The van der Waals surface area contributed by atoms with Gasteiger partial charge in [0.2, 0.25) is 5.91 Å². The number of aromatic carboxylic acids is 1. The van der Waals surface area contributed by atoms with E-state index in [0.717, 1.165) is 12.8 Å². The van der Waals surface area contributed by atoms with Crippen molar-refractivity contribution in [3.63, 3.8) is 0 Å². The van der Waals surface area contributed by atoms with Gasteiger partial charge >= 0.3 is 5.97 Å². The van der Waals surface area contributed by atoms with E-state index in [4.69, 9.17) is 5.11 Å². The Kier molecular flexibility index (Phi) is 5.36. The van der Waals surface area contributed by atoms with E-state index in [1.54, 1.807) is 23.0 Å². The molecule has 0 spiro atoms. The molecular weight excluding hydrogens is 428 g/mol. The zero-order chi connectivity index (χ0) is 23.0. The van der Waals surface area contributed by atoms with Gasteiger partial charge in [-0.15, -0.1) is 10.2 Å². The molecule has 0 aliphatic heterocycles. The lowest BCUT2D eigenvalue weighted by atomic mass is 9.68. The number of hydrogen-bond acceptors (Lipinski definition) is 8. The number of nitrogens with one attached hydrogen (secondary N) is 1. The zero-order valence-electron chi connectivity index (χ0n) is 17.8. The summed E-state index contributed by atoms with van der Waals surface area (Å²) < 4.78 is 3.26. The predicted octanol–water partition coefficient (Wildman–Crippen LogP) is 0.677. The van der Waals surface area contributed by atoms with E-state index in [-0.39, 0.29) is 30.4 Å². The Morgan fingerprint density at radius 1 is 1.18 bits per heavy atom. The summed E-state index contributed by atoms with van der Waals surface area (Å²) in [5.41, 5.74) is 0.254. The molecule has 2 saturated carbocycles. The molecule has 2 aliphatic carbocycles. The van der Waals surface area contributed by atoms with Gasteiger partial charge in [0, 0.05) is 12.3 Å². The Morgan fingerprint density at radius 3 is 2.73 bits per heavy atom. The first-order valence-corrected chi connectivity index (χ1v) is 10.9. The minimum absolute atomic E-state index is 0.128. The first-order valence-electron chi connectivity index (χ1n) is 10.9. The van der Waals surface area contributed by atoms with Crippen LogP contribution in [0, 0.1) is 5.92 Å². The number of aromatic nitrogens is 7. The summed E-state index contributed by atoms with van der Waals surface area (Å²) >= 11 is 0. The lowest BCUT2D eigenvalue weighted by Gasteiger charge is -2.42. The van der Waals surface area contributed by atoms with Gasteiger partial charge in [0.25, 0.3) is 0 Å². The molecule has 172 valence electrons. The van der Waals surface area contributed by atoms with E-state index in [1.807, 2.05) is 0 Å². The van der Waals surface area contributed by atoms with E-state index in [0.29, 0.717) is 36.1 Å². The topological polar surface area (TPSA) is 161 Å². The van der Waals surface area contributed by atoms with Crippen LogP contribution in [-0.4, -0.2) is 62.9 Å². The van der Waals surface area contributed by atoms with Crippen molar-refractivity contribution in [2.24, 2.45) is 5.92 Å². The molecular formula is C21H24N8O4.